The van der Waals surface area contributed by atoms with Crippen LogP contribution >= 0.6 is 0 Å². The van der Waals surface area contributed by atoms with Gasteiger partial charge in [-0.15, -0.1) is 6.58 Å². The first-order chi connectivity index (χ1) is 13.5. The molecule has 7 nitrogen and oxygen atoms in total. The van der Waals surface area contributed by atoms with Crippen molar-refractivity contribution in [3.8, 4) is 0 Å². The van der Waals surface area contributed by atoms with Gasteiger partial charge in [0, 0.05) is 6.42 Å². The molecule has 0 spiro atoms. The van der Waals surface area contributed by atoms with E-state index in [1.807, 2.05) is 0 Å². The predicted molar refractivity (Wildman–Crippen MR) is 114 cm³/mol. The zero-order valence-corrected chi connectivity index (χ0v) is 18.7. The van der Waals surface area contributed by atoms with Crippen molar-refractivity contribution in [3.63, 3.8) is 0 Å². The summed E-state index contributed by atoms with van der Waals surface area (Å²) in [6.45, 7) is 7.10. The van der Waals surface area contributed by atoms with Crippen molar-refractivity contribution < 1.29 is 32.8 Å². The maximum atomic E-state index is 11.9. The van der Waals surface area contributed by atoms with Crippen molar-refractivity contribution in [2.24, 2.45) is 5.92 Å². The van der Waals surface area contributed by atoms with Gasteiger partial charge in [-0.05, 0) is 13.3 Å². The number of carbonyl (C=O) groups is 2. The van der Waals surface area contributed by atoms with Gasteiger partial charge in [-0.25, -0.2) is 0 Å². The van der Waals surface area contributed by atoms with Crippen LogP contribution < -0.4 is 0 Å². The first-order valence-electron chi connectivity index (χ1n) is 10.6. The number of unbranched alkanes of at least 4 members (excludes halogenated alkanes) is 10. The summed E-state index contributed by atoms with van der Waals surface area (Å²) in [6.07, 6.45) is 10.7. The summed E-state index contributed by atoms with van der Waals surface area (Å²) in [6, 6.07) is 0. The maximum absolute atomic E-state index is 11.9. The molecule has 3 N–H and O–H groups in total. The minimum absolute atomic E-state index is 0.133. The Labute approximate surface area is 175 Å². The average Bonchev–Trinajstić information content (AvgIpc) is 2.59. The Bertz CT molecular complexity index is 627. The molecule has 0 amide bonds. The Hall–Kier alpha value is -1.41. The molecular weight excluding hydrogens is 396 g/mol. The normalized spacial score (nSPS) is 14.9. The van der Waals surface area contributed by atoms with Gasteiger partial charge < -0.3 is 10.2 Å². The molecular formula is C21H38O7S. The molecule has 0 aliphatic heterocycles. The van der Waals surface area contributed by atoms with Crippen LogP contribution in [0.15, 0.2) is 12.2 Å². The van der Waals surface area contributed by atoms with Gasteiger partial charge in [-0.3, -0.25) is 14.1 Å². The van der Waals surface area contributed by atoms with E-state index in [1.165, 1.54) is 45.4 Å². The number of carboxylic acids is 2. The SMILES string of the molecule is C=C(C)CC(C(=O)O)(C(CCCCCCCCCCCCC)C(=O)O)S(=O)(=O)O. The molecule has 0 aliphatic carbocycles. The summed E-state index contributed by atoms with van der Waals surface area (Å²) < 4.78 is 30.7. The van der Waals surface area contributed by atoms with Crippen LogP contribution in [0.5, 0.6) is 0 Å². The summed E-state index contributed by atoms with van der Waals surface area (Å²) in [5.41, 5.74) is 0.176. The van der Waals surface area contributed by atoms with Gasteiger partial charge in [-0.1, -0.05) is 83.1 Å². The topological polar surface area (TPSA) is 129 Å². The Morgan fingerprint density at radius 2 is 1.31 bits per heavy atom. The van der Waals surface area contributed by atoms with Gasteiger partial charge in [-0.2, -0.15) is 8.42 Å². The lowest BCUT2D eigenvalue weighted by Gasteiger charge is -2.32. The maximum Gasteiger partial charge on any atom is 0.328 e. The highest BCUT2D eigenvalue weighted by atomic mass is 32.2. The Balaban J connectivity index is 4.72. The van der Waals surface area contributed by atoms with Crippen molar-refractivity contribution >= 4 is 22.1 Å². The minimum atomic E-state index is -5.17. The number of carboxylic acid groups (broad SMARTS) is 2. The molecule has 0 aromatic rings. The van der Waals surface area contributed by atoms with E-state index in [4.69, 9.17) is 0 Å². The van der Waals surface area contributed by atoms with Crippen LogP contribution in [-0.2, 0) is 19.7 Å². The van der Waals surface area contributed by atoms with Gasteiger partial charge in [0.2, 0.25) is 4.75 Å². The van der Waals surface area contributed by atoms with Crippen LogP contribution in [0.25, 0.3) is 0 Å². The molecule has 0 fully saturated rings. The van der Waals surface area contributed by atoms with Crippen LogP contribution in [0.3, 0.4) is 0 Å². The summed E-state index contributed by atoms with van der Waals surface area (Å²) >= 11 is 0. The number of aliphatic carboxylic acids is 2. The van der Waals surface area contributed by atoms with Gasteiger partial charge >= 0.3 is 11.9 Å². The largest absolute Gasteiger partial charge is 0.481 e. The predicted octanol–water partition coefficient (Wildman–Crippen LogP) is 5.07. The molecule has 0 saturated carbocycles. The molecule has 170 valence electrons. The van der Waals surface area contributed by atoms with Gasteiger partial charge in [0.25, 0.3) is 10.1 Å². The van der Waals surface area contributed by atoms with E-state index in [2.05, 4.69) is 13.5 Å². The Morgan fingerprint density at radius 1 is 0.897 bits per heavy atom. The monoisotopic (exact) mass is 434 g/mol. The number of rotatable bonds is 18. The molecule has 0 aliphatic rings. The van der Waals surface area contributed by atoms with Crippen LogP contribution in [-0.4, -0.2) is 39.9 Å². The van der Waals surface area contributed by atoms with Crippen molar-refractivity contribution in [1.29, 1.82) is 0 Å². The fourth-order valence-electron chi connectivity index (χ4n) is 3.75. The van der Waals surface area contributed by atoms with Crippen molar-refractivity contribution in [3.05, 3.63) is 12.2 Å². The molecule has 0 radical (unpaired) electrons. The number of hydrogen-bond acceptors (Lipinski definition) is 4. The summed E-state index contributed by atoms with van der Waals surface area (Å²) in [5.74, 6) is -5.15. The van der Waals surface area contributed by atoms with Crippen molar-refractivity contribution in [2.45, 2.75) is 102 Å². The molecule has 8 heteroatoms. The molecule has 0 saturated heterocycles. The lowest BCUT2D eigenvalue weighted by Crippen LogP contribution is -2.55. The highest BCUT2D eigenvalue weighted by Crippen LogP contribution is 2.37. The van der Waals surface area contributed by atoms with E-state index in [0.717, 1.165) is 19.3 Å². The fraction of sp³-hybridized carbons (Fsp3) is 0.810. The second-order valence-electron chi connectivity index (χ2n) is 8.02. The van der Waals surface area contributed by atoms with E-state index >= 15 is 0 Å². The molecule has 29 heavy (non-hydrogen) atoms. The fourth-order valence-corrected chi connectivity index (χ4v) is 4.97. The third-order valence-electron chi connectivity index (χ3n) is 5.34. The first-order valence-corrected chi connectivity index (χ1v) is 12.0. The summed E-state index contributed by atoms with van der Waals surface area (Å²) in [4.78, 5) is 23.5. The van der Waals surface area contributed by atoms with E-state index in [9.17, 15) is 32.8 Å². The van der Waals surface area contributed by atoms with Crippen LogP contribution in [0.1, 0.15) is 97.3 Å². The molecule has 0 bridgehead atoms. The zero-order chi connectivity index (χ0) is 22.5. The second-order valence-corrected chi connectivity index (χ2v) is 9.70. The van der Waals surface area contributed by atoms with Crippen molar-refractivity contribution in [2.75, 3.05) is 0 Å². The summed E-state index contributed by atoms with van der Waals surface area (Å²) in [5, 5.41) is 19.1. The average molecular weight is 435 g/mol. The van der Waals surface area contributed by atoms with Crippen molar-refractivity contribution in [1.82, 2.24) is 0 Å². The zero-order valence-electron chi connectivity index (χ0n) is 17.9. The third-order valence-corrected chi connectivity index (χ3v) is 6.87. The minimum Gasteiger partial charge on any atom is -0.481 e. The van der Waals surface area contributed by atoms with E-state index in [-0.39, 0.29) is 12.0 Å². The van der Waals surface area contributed by atoms with Gasteiger partial charge in [0.1, 0.15) is 0 Å². The lowest BCUT2D eigenvalue weighted by molar-refractivity contribution is -0.152. The standard InChI is InChI=1S/C21H38O7S/c1-4-5-6-7-8-9-10-11-12-13-14-15-18(19(22)23)21(20(24)25,16-17(2)3)29(26,27)28/h18H,2,4-16H2,1,3H3,(H,22,23)(H,24,25)(H,26,27,28). The molecule has 0 heterocycles. The van der Waals surface area contributed by atoms with Gasteiger partial charge in [0.05, 0.1) is 5.92 Å². The lowest BCUT2D eigenvalue weighted by atomic mass is 9.82. The smallest absolute Gasteiger partial charge is 0.328 e. The van der Waals surface area contributed by atoms with Crippen LogP contribution in [0, 0.1) is 5.92 Å². The summed E-state index contributed by atoms with van der Waals surface area (Å²) in [7, 11) is -5.17. The highest BCUT2D eigenvalue weighted by Gasteiger charge is 2.59. The van der Waals surface area contributed by atoms with E-state index in [1.54, 1.807) is 0 Å². The van der Waals surface area contributed by atoms with Crippen LogP contribution in [0.4, 0.5) is 0 Å². The number of hydrogen-bond donors (Lipinski definition) is 3. The molecule has 0 rings (SSSR count). The number of allylic oxidation sites excluding steroid dienone is 1. The molecule has 0 aromatic heterocycles. The molecule has 2 atom stereocenters. The molecule has 0 aromatic carbocycles. The quantitative estimate of drug-likeness (QED) is 0.156. The van der Waals surface area contributed by atoms with Gasteiger partial charge in [0.15, 0.2) is 0 Å². The van der Waals surface area contributed by atoms with E-state index < -0.39 is 39.1 Å². The Morgan fingerprint density at radius 3 is 1.62 bits per heavy atom. The van der Waals surface area contributed by atoms with Crippen LogP contribution in [0.2, 0.25) is 0 Å². The first kappa shape index (κ1) is 27.6. The highest BCUT2D eigenvalue weighted by molar-refractivity contribution is 7.88. The third kappa shape index (κ3) is 9.30. The Kier molecular flexibility index (Phi) is 13.1. The molecule has 2 unspecified atom stereocenters. The van der Waals surface area contributed by atoms with E-state index in [0.29, 0.717) is 12.8 Å². The second kappa shape index (κ2) is 13.7.